The number of hydrogen-bond acceptors (Lipinski definition) is 5. The van der Waals surface area contributed by atoms with E-state index in [2.05, 4.69) is 34.4 Å². The Kier molecular flexibility index (Phi) is 9.00. The van der Waals surface area contributed by atoms with Crippen molar-refractivity contribution in [1.82, 2.24) is 15.5 Å². The van der Waals surface area contributed by atoms with Gasteiger partial charge >= 0.3 is 0 Å². The van der Waals surface area contributed by atoms with Crippen molar-refractivity contribution in [1.29, 1.82) is 0 Å². The lowest BCUT2D eigenvalue weighted by atomic mass is 10.2. The number of benzene rings is 1. The molecule has 1 atom stereocenters. The summed E-state index contributed by atoms with van der Waals surface area (Å²) in [5, 5.41) is 17.5. The molecule has 0 aliphatic carbocycles. The number of nitrogens with zero attached hydrogens (tertiary/aromatic N) is 3. The van der Waals surface area contributed by atoms with Crippen LogP contribution in [0.5, 0.6) is 0 Å². The highest BCUT2D eigenvalue weighted by molar-refractivity contribution is 5.79. The fourth-order valence-electron chi connectivity index (χ4n) is 2.84. The van der Waals surface area contributed by atoms with Crippen LogP contribution in [0.4, 0.5) is 5.69 Å². The summed E-state index contributed by atoms with van der Waals surface area (Å²) in [6.45, 7) is 10.0. The second-order valence-electron chi connectivity index (χ2n) is 6.75. The minimum absolute atomic E-state index is 0.0986. The summed E-state index contributed by atoms with van der Waals surface area (Å²) in [4.78, 5) is 17.4. The molecule has 1 saturated heterocycles. The smallest absolute Gasteiger partial charge is 0.269 e. The second-order valence-corrected chi connectivity index (χ2v) is 6.75. The van der Waals surface area contributed by atoms with Gasteiger partial charge in [-0.25, -0.2) is 4.99 Å². The van der Waals surface area contributed by atoms with Crippen LogP contribution >= 0.6 is 0 Å². The maximum atomic E-state index is 10.8. The molecule has 1 aliphatic heterocycles. The fourth-order valence-corrected chi connectivity index (χ4v) is 2.84. The summed E-state index contributed by atoms with van der Waals surface area (Å²) in [5.74, 6) is 0.780. The van der Waals surface area contributed by atoms with Crippen molar-refractivity contribution in [3.8, 4) is 0 Å². The number of aliphatic imine (C=N–C) groups is 1. The fraction of sp³-hybridized carbons (Fsp3) is 0.632. The number of guanidine groups is 1. The summed E-state index contributed by atoms with van der Waals surface area (Å²) < 4.78 is 5.41. The molecule has 8 heteroatoms. The molecule has 1 aromatic carbocycles. The zero-order valence-electron chi connectivity index (χ0n) is 16.3. The normalized spacial score (nSPS) is 16.7. The van der Waals surface area contributed by atoms with Gasteiger partial charge in [0, 0.05) is 44.4 Å². The molecule has 0 amide bonds. The molecule has 2 N–H and O–H groups in total. The highest BCUT2D eigenvalue weighted by atomic mass is 16.6. The molecule has 1 fully saturated rings. The SMILES string of the molecule is CCCCNC(=NCc1ccc([N+](=O)[O-])cc1)NCC(C)N1CCOCC1. The van der Waals surface area contributed by atoms with E-state index in [1.807, 2.05) is 0 Å². The van der Waals surface area contributed by atoms with Crippen LogP contribution in [0.1, 0.15) is 32.3 Å². The summed E-state index contributed by atoms with van der Waals surface area (Å²) in [6, 6.07) is 6.93. The average Bonchev–Trinajstić information content (AvgIpc) is 2.70. The Balaban J connectivity index is 1.90. The van der Waals surface area contributed by atoms with Crippen molar-refractivity contribution in [2.45, 2.75) is 39.3 Å². The van der Waals surface area contributed by atoms with Crippen LogP contribution in [0, 0.1) is 10.1 Å². The van der Waals surface area contributed by atoms with Gasteiger partial charge in [-0.15, -0.1) is 0 Å². The number of hydrogen-bond donors (Lipinski definition) is 2. The number of nitrogens with one attached hydrogen (secondary N) is 2. The molecule has 0 spiro atoms. The third kappa shape index (κ3) is 7.52. The van der Waals surface area contributed by atoms with Crippen molar-refractivity contribution in [2.75, 3.05) is 39.4 Å². The number of rotatable bonds is 9. The van der Waals surface area contributed by atoms with Crippen molar-refractivity contribution in [3.63, 3.8) is 0 Å². The number of morpholine rings is 1. The first-order chi connectivity index (χ1) is 13.1. The van der Waals surface area contributed by atoms with Crippen LogP contribution < -0.4 is 10.6 Å². The quantitative estimate of drug-likeness (QED) is 0.225. The van der Waals surface area contributed by atoms with Gasteiger partial charge in [-0.2, -0.15) is 0 Å². The van der Waals surface area contributed by atoms with Gasteiger partial charge in [0.05, 0.1) is 24.7 Å². The Hall–Kier alpha value is -2.19. The number of unbranched alkanes of at least 4 members (excludes halogenated alkanes) is 1. The Labute approximate surface area is 161 Å². The third-order valence-electron chi connectivity index (χ3n) is 4.62. The van der Waals surface area contributed by atoms with E-state index in [4.69, 9.17) is 4.74 Å². The maximum absolute atomic E-state index is 10.8. The Morgan fingerprint density at radius 2 is 2.00 bits per heavy atom. The number of nitro benzene ring substituents is 1. The second kappa shape index (κ2) is 11.5. The average molecular weight is 377 g/mol. The van der Waals surface area contributed by atoms with Crippen molar-refractivity contribution >= 4 is 11.6 Å². The van der Waals surface area contributed by atoms with Gasteiger partial charge in [-0.05, 0) is 18.9 Å². The van der Waals surface area contributed by atoms with E-state index in [1.54, 1.807) is 12.1 Å². The first kappa shape index (κ1) is 21.1. The van der Waals surface area contributed by atoms with E-state index in [0.717, 1.165) is 63.8 Å². The molecular formula is C19H31N5O3. The van der Waals surface area contributed by atoms with Crippen LogP contribution in [0.3, 0.4) is 0 Å². The molecule has 1 heterocycles. The number of nitro groups is 1. The van der Waals surface area contributed by atoms with Gasteiger partial charge < -0.3 is 15.4 Å². The Morgan fingerprint density at radius 3 is 2.63 bits per heavy atom. The molecule has 8 nitrogen and oxygen atoms in total. The van der Waals surface area contributed by atoms with Crippen molar-refractivity contribution in [3.05, 3.63) is 39.9 Å². The van der Waals surface area contributed by atoms with E-state index in [0.29, 0.717) is 12.6 Å². The van der Waals surface area contributed by atoms with Crippen LogP contribution in [-0.2, 0) is 11.3 Å². The van der Waals surface area contributed by atoms with Crippen LogP contribution in [-0.4, -0.2) is 61.2 Å². The van der Waals surface area contributed by atoms with E-state index < -0.39 is 0 Å². The first-order valence-corrected chi connectivity index (χ1v) is 9.67. The highest BCUT2D eigenvalue weighted by Crippen LogP contribution is 2.12. The molecule has 0 aromatic heterocycles. The van der Waals surface area contributed by atoms with Gasteiger partial charge in [0.2, 0.25) is 0 Å². The predicted molar refractivity (Wildman–Crippen MR) is 107 cm³/mol. The number of ether oxygens (including phenoxy) is 1. The van der Waals surface area contributed by atoms with E-state index in [1.165, 1.54) is 12.1 Å². The Morgan fingerprint density at radius 1 is 1.30 bits per heavy atom. The van der Waals surface area contributed by atoms with Crippen molar-refractivity contribution < 1.29 is 9.66 Å². The predicted octanol–water partition coefficient (Wildman–Crippen LogP) is 2.15. The monoisotopic (exact) mass is 377 g/mol. The van der Waals surface area contributed by atoms with Gasteiger partial charge in [0.15, 0.2) is 5.96 Å². The van der Waals surface area contributed by atoms with Crippen LogP contribution in [0.15, 0.2) is 29.3 Å². The molecule has 0 bridgehead atoms. The summed E-state index contributed by atoms with van der Waals surface area (Å²) in [7, 11) is 0. The van der Waals surface area contributed by atoms with Gasteiger partial charge in [-0.3, -0.25) is 15.0 Å². The lowest BCUT2D eigenvalue weighted by molar-refractivity contribution is -0.384. The van der Waals surface area contributed by atoms with Crippen LogP contribution in [0.25, 0.3) is 0 Å². The molecule has 0 radical (unpaired) electrons. The topological polar surface area (TPSA) is 92.0 Å². The lowest BCUT2D eigenvalue weighted by Gasteiger charge is -2.32. The minimum Gasteiger partial charge on any atom is -0.379 e. The van der Waals surface area contributed by atoms with E-state index in [9.17, 15) is 10.1 Å². The molecule has 1 aromatic rings. The maximum Gasteiger partial charge on any atom is 0.269 e. The van der Waals surface area contributed by atoms with Crippen molar-refractivity contribution in [2.24, 2.45) is 4.99 Å². The summed E-state index contributed by atoms with van der Waals surface area (Å²) in [6.07, 6.45) is 2.20. The minimum atomic E-state index is -0.390. The standard InChI is InChI=1S/C19H31N5O3/c1-3-4-9-20-19(21-14-16(2)23-10-12-27-13-11-23)22-15-17-5-7-18(8-6-17)24(25)26/h5-8,16H,3-4,9-15H2,1-2H3,(H2,20,21,22). The van der Waals surface area contributed by atoms with E-state index in [-0.39, 0.29) is 10.6 Å². The highest BCUT2D eigenvalue weighted by Gasteiger charge is 2.17. The van der Waals surface area contributed by atoms with Gasteiger partial charge in [-0.1, -0.05) is 25.5 Å². The summed E-state index contributed by atoms with van der Waals surface area (Å²) >= 11 is 0. The molecule has 2 rings (SSSR count). The van der Waals surface area contributed by atoms with Gasteiger partial charge in [0.1, 0.15) is 0 Å². The largest absolute Gasteiger partial charge is 0.379 e. The van der Waals surface area contributed by atoms with E-state index >= 15 is 0 Å². The molecule has 150 valence electrons. The molecule has 0 saturated carbocycles. The Bertz CT molecular complexity index is 600. The zero-order valence-corrected chi connectivity index (χ0v) is 16.3. The molecule has 27 heavy (non-hydrogen) atoms. The summed E-state index contributed by atoms with van der Waals surface area (Å²) in [5.41, 5.74) is 1.04. The van der Waals surface area contributed by atoms with Gasteiger partial charge in [0.25, 0.3) is 5.69 Å². The number of non-ortho nitro benzene ring substituents is 1. The first-order valence-electron chi connectivity index (χ1n) is 9.67. The molecule has 1 aliphatic rings. The lowest BCUT2D eigenvalue weighted by Crippen LogP contribution is -2.49. The third-order valence-corrected chi connectivity index (χ3v) is 4.62. The molecular weight excluding hydrogens is 346 g/mol. The zero-order chi connectivity index (χ0) is 19.5. The molecule has 1 unspecified atom stereocenters. The van der Waals surface area contributed by atoms with Crippen LogP contribution in [0.2, 0.25) is 0 Å².